The minimum Gasteiger partial charge on any atom is -0.507 e. The van der Waals surface area contributed by atoms with E-state index >= 15 is 0 Å². The Morgan fingerprint density at radius 3 is 1.74 bits per heavy atom. The van der Waals surface area contributed by atoms with Crippen LogP contribution in [-0.2, 0) is 10.0 Å². The number of hydrogen-bond donors (Lipinski definition) is 8. The highest BCUT2D eigenvalue weighted by molar-refractivity contribution is 7.89. The van der Waals surface area contributed by atoms with E-state index in [2.05, 4.69) is 20.6 Å². The molecule has 230 valence electrons. The van der Waals surface area contributed by atoms with Crippen LogP contribution in [0.1, 0.15) is 23.2 Å². The Labute approximate surface area is 248 Å². The monoisotopic (exact) mass is 612 g/mol. The van der Waals surface area contributed by atoms with Gasteiger partial charge in [-0.05, 0) is 49.2 Å². The first-order valence-electron chi connectivity index (χ1n) is 13.7. The molecule has 5 rings (SSSR count). The van der Waals surface area contributed by atoms with E-state index in [9.17, 15) is 18.3 Å². The van der Waals surface area contributed by atoms with Crippen molar-refractivity contribution in [3.63, 3.8) is 0 Å². The number of rotatable bonds is 7. The number of hydrogen-bond acceptors (Lipinski definition) is 14. The van der Waals surface area contributed by atoms with Gasteiger partial charge in [-0.2, -0.15) is 15.0 Å². The van der Waals surface area contributed by atoms with Gasteiger partial charge in [-0.3, -0.25) is 4.79 Å². The van der Waals surface area contributed by atoms with Crippen LogP contribution in [-0.4, -0.2) is 84.7 Å². The molecule has 3 aromatic rings. The Balaban J connectivity index is 1.37. The van der Waals surface area contributed by atoms with Crippen molar-refractivity contribution >= 4 is 45.2 Å². The van der Waals surface area contributed by atoms with Crippen molar-refractivity contribution < 1.29 is 18.3 Å². The largest absolute Gasteiger partial charge is 0.507 e. The zero-order valence-corrected chi connectivity index (χ0v) is 24.1. The molecule has 0 unspecified atom stereocenters. The quantitative estimate of drug-likeness (QED) is 0.158. The van der Waals surface area contributed by atoms with E-state index in [1.807, 2.05) is 9.80 Å². The van der Waals surface area contributed by atoms with Crippen LogP contribution in [0.4, 0.5) is 29.2 Å². The van der Waals surface area contributed by atoms with Gasteiger partial charge in [-0.15, -0.1) is 0 Å². The standard InChI is InChI=1S/C26H36N12O4S/c27-14-7-15(28)11-37(10-14)25-34-24(35-26(36-25)38-12-16(29)8-17(30)13-38)33-19-3-6-21(22(39)9-19)23(40)32-18-1-4-20(5-2-18)43(31,41)42/h1-6,9,14-17,39H,7-8,10-13,27-30H2,(H,32,40)(H2,31,41,42)(H,33,34,35,36)/t14-,15+,16-,17+. The summed E-state index contributed by atoms with van der Waals surface area (Å²) in [6.07, 6.45) is 1.38. The fraction of sp³-hybridized carbons (Fsp3) is 0.385. The number of benzene rings is 2. The van der Waals surface area contributed by atoms with Crippen molar-refractivity contribution in [1.29, 1.82) is 0 Å². The molecule has 13 N–H and O–H groups in total. The van der Waals surface area contributed by atoms with Crippen molar-refractivity contribution in [2.75, 3.05) is 46.6 Å². The van der Waals surface area contributed by atoms with Gasteiger partial charge in [0.25, 0.3) is 5.91 Å². The summed E-state index contributed by atoms with van der Waals surface area (Å²) in [6, 6.07) is 9.15. The van der Waals surface area contributed by atoms with Crippen LogP contribution in [0.25, 0.3) is 0 Å². The normalized spacial score (nSPS) is 22.7. The smallest absolute Gasteiger partial charge is 0.259 e. The van der Waals surface area contributed by atoms with Gasteiger partial charge < -0.3 is 48.5 Å². The van der Waals surface area contributed by atoms with Gasteiger partial charge in [0.15, 0.2) is 0 Å². The van der Waals surface area contributed by atoms with Crippen LogP contribution in [0.15, 0.2) is 47.4 Å². The highest BCUT2D eigenvalue weighted by Crippen LogP contribution is 2.27. The Kier molecular flexibility index (Phi) is 8.63. The van der Waals surface area contributed by atoms with Gasteiger partial charge in [-0.1, -0.05) is 0 Å². The molecule has 2 saturated heterocycles. The van der Waals surface area contributed by atoms with Crippen LogP contribution in [0.2, 0.25) is 0 Å². The van der Waals surface area contributed by atoms with Crippen molar-refractivity contribution in [1.82, 2.24) is 15.0 Å². The van der Waals surface area contributed by atoms with Gasteiger partial charge in [0.1, 0.15) is 5.75 Å². The lowest BCUT2D eigenvalue weighted by atomic mass is 10.0. The molecule has 0 bridgehead atoms. The molecule has 1 aromatic heterocycles. The molecule has 17 heteroatoms. The molecule has 0 spiro atoms. The van der Waals surface area contributed by atoms with Crippen LogP contribution in [0.5, 0.6) is 5.75 Å². The summed E-state index contributed by atoms with van der Waals surface area (Å²) < 4.78 is 22.9. The number of anilines is 5. The van der Waals surface area contributed by atoms with Crippen LogP contribution in [0, 0.1) is 0 Å². The Bertz CT molecular complexity index is 1530. The second-order valence-corrected chi connectivity index (χ2v) is 12.5. The summed E-state index contributed by atoms with van der Waals surface area (Å²) in [4.78, 5) is 30.5. The molecule has 0 saturated carbocycles. The number of amides is 1. The number of phenolic OH excluding ortho intramolecular Hbond substituents is 1. The molecule has 1 amide bonds. The SMILES string of the molecule is N[C@@H]1C[C@H](N)CN(c2nc(Nc3ccc(C(=O)Nc4ccc(S(N)(=O)=O)cc4)c(O)c3)nc(N3C[C@H](N)C[C@H](N)C3)n2)C1. The predicted molar refractivity (Wildman–Crippen MR) is 163 cm³/mol. The van der Waals surface area contributed by atoms with Crippen molar-refractivity contribution in [3.05, 3.63) is 48.0 Å². The minimum atomic E-state index is -3.87. The number of aromatic nitrogens is 3. The lowest BCUT2D eigenvalue weighted by Crippen LogP contribution is -2.54. The average molecular weight is 613 g/mol. The maximum absolute atomic E-state index is 12.8. The summed E-state index contributed by atoms with van der Waals surface area (Å²) in [6.45, 7) is 2.08. The number of nitrogens with zero attached hydrogens (tertiary/aromatic N) is 5. The van der Waals surface area contributed by atoms with E-state index < -0.39 is 15.9 Å². The summed E-state index contributed by atoms with van der Waals surface area (Å²) in [5, 5.41) is 21.5. The lowest BCUT2D eigenvalue weighted by Gasteiger charge is -2.37. The molecule has 0 radical (unpaired) electrons. The number of primary sulfonamides is 1. The number of carbonyl (C=O) groups is 1. The summed E-state index contributed by atoms with van der Waals surface area (Å²) in [5.41, 5.74) is 25.6. The van der Waals surface area contributed by atoms with E-state index in [4.69, 9.17) is 33.1 Å². The average Bonchev–Trinajstić information content (AvgIpc) is 2.91. The van der Waals surface area contributed by atoms with Crippen molar-refractivity contribution in [2.24, 2.45) is 28.1 Å². The zero-order valence-electron chi connectivity index (χ0n) is 23.3. The van der Waals surface area contributed by atoms with Gasteiger partial charge in [0, 0.05) is 67.8 Å². The Hall–Kier alpha value is -4.13. The van der Waals surface area contributed by atoms with E-state index in [-0.39, 0.29) is 46.3 Å². The molecule has 2 aliphatic rings. The third-order valence-electron chi connectivity index (χ3n) is 7.15. The van der Waals surface area contributed by atoms with E-state index in [1.54, 1.807) is 6.07 Å². The predicted octanol–water partition coefficient (Wildman–Crippen LogP) is -1.05. The van der Waals surface area contributed by atoms with Crippen LogP contribution < -0.4 is 48.5 Å². The maximum atomic E-state index is 12.8. The second kappa shape index (κ2) is 12.2. The fourth-order valence-electron chi connectivity index (χ4n) is 5.23. The number of nitrogens with one attached hydrogen (secondary N) is 2. The lowest BCUT2D eigenvalue weighted by molar-refractivity contribution is 0.102. The van der Waals surface area contributed by atoms with E-state index in [1.165, 1.54) is 36.4 Å². The molecule has 4 atom stereocenters. The summed E-state index contributed by atoms with van der Waals surface area (Å²) >= 11 is 0. The number of phenols is 1. The Morgan fingerprint density at radius 1 is 0.791 bits per heavy atom. The summed E-state index contributed by atoms with van der Waals surface area (Å²) in [7, 11) is -3.87. The minimum absolute atomic E-state index is 0.00863. The van der Waals surface area contributed by atoms with Crippen LogP contribution in [0.3, 0.4) is 0 Å². The third kappa shape index (κ3) is 7.45. The van der Waals surface area contributed by atoms with E-state index in [0.717, 1.165) is 0 Å². The fourth-order valence-corrected chi connectivity index (χ4v) is 5.75. The number of sulfonamides is 1. The van der Waals surface area contributed by atoms with E-state index in [0.29, 0.717) is 62.3 Å². The first-order valence-corrected chi connectivity index (χ1v) is 15.2. The molecule has 43 heavy (non-hydrogen) atoms. The first-order chi connectivity index (χ1) is 20.3. The number of carbonyl (C=O) groups excluding carboxylic acids is 1. The molecular weight excluding hydrogens is 576 g/mol. The Morgan fingerprint density at radius 2 is 1.28 bits per heavy atom. The molecule has 3 heterocycles. The highest BCUT2D eigenvalue weighted by atomic mass is 32.2. The zero-order chi connectivity index (χ0) is 30.9. The van der Waals surface area contributed by atoms with Gasteiger partial charge in [0.2, 0.25) is 27.9 Å². The molecule has 2 fully saturated rings. The van der Waals surface area contributed by atoms with Gasteiger partial charge in [-0.25, -0.2) is 13.6 Å². The highest BCUT2D eigenvalue weighted by Gasteiger charge is 2.29. The first kappa shape index (κ1) is 30.3. The van der Waals surface area contributed by atoms with Gasteiger partial charge in [0.05, 0.1) is 10.5 Å². The second-order valence-electron chi connectivity index (χ2n) is 11.0. The third-order valence-corrected chi connectivity index (χ3v) is 8.08. The molecule has 0 aliphatic carbocycles. The molecule has 2 aromatic carbocycles. The van der Waals surface area contributed by atoms with Crippen LogP contribution >= 0.6 is 0 Å². The van der Waals surface area contributed by atoms with Crippen molar-refractivity contribution in [2.45, 2.75) is 41.9 Å². The number of aromatic hydroxyl groups is 1. The molecule has 2 aliphatic heterocycles. The van der Waals surface area contributed by atoms with Crippen molar-refractivity contribution in [3.8, 4) is 5.75 Å². The number of nitrogens with two attached hydrogens (primary N) is 5. The summed E-state index contributed by atoms with van der Waals surface area (Å²) in [5.74, 6) is 0.0674. The maximum Gasteiger partial charge on any atom is 0.259 e. The number of piperidine rings is 2. The topological polar surface area (TPSA) is 271 Å². The molecular formula is C26H36N12O4S. The van der Waals surface area contributed by atoms with Gasteiger partial charge >= 0.3 is 0 Å². The molecule has 16 nitrogen and oxygen atoms in total.